The van der Waals surface area contributed by atoms with Gasteiger partial charge in [0, 0.05) is 30.6 Å². The Morgan fingerprint density at radius 3 is 2.71 bits per heavy atom. The molecular weight excluding hydrogens is 348 g/mol. The summed E-state index contributed by atoms with van der Waals surface area (Å²) in [6, 6.07) is 12.2. The maximum atomic E-state index is 13.1. The van der Waals surface area contributed by atoms with Crippen LogP contribution in [-0.2, 0) is 18.4 Å². The van der Waals surface area contributed by atoms with Gasteiger partial charge in [-0.3, -0.25) is 4.79 Å². The van der Waals surface area contributed by atoms with E-state index in [1.807, 2.05) is 31.2 Å². The number of rotatable bonds is 4. The summed E-state index contributed by atoms with van der Waals surface area (Å²) >= 11 is 0. The molecule has 0 saturated carbocycles. The molecular formula is C23H28N4O. The van der Waals surface area contributed by atoms with E-state index < -0.39 is 0 Å². The standard InChI is InChI=1S/C23H28N4O/c1-16-14-18(20-21(25-16)27-13-9-5-8-12-19(27)26-20)22(28)24-15-23(2,3)17-10-6-4-7-11-17/h4,6-7,10-11,14H,5,8-9,12-13,15H2,1-3H3,(H,24,28). The van der Waals surface area contributed by atoms with Gasteiger partial charge in [0.25, 0.3) is 5.91 Å². The number of nitrogens with one attached hydrogen (secondary N) is 1. The third-order valence-electron chi connectivity index (χ3n) is 5.68. The third kappa shape index (κ3) is 3.53. The maximum absolute atomic E-state index is 13.1. The number of nitrogens with zero attached hydrogens (tertiary/aromatic N) is 3. The van der Waals surface area contributed by atoms with Crippen molar-refractivity contribution in [3.05, 3.63) is 59.0 Å². The highest BCUT2D eigenvalue weighted by Crippen LogP contribution is 2.25. The molecule has 0 saturated heterocycles. The lowest BCUT2D eigenvalue weighted by atomic mass is 9.84. The van der Waals surface area contributed by atoms with Crippen molar-refractivity contribution < 1.29 is 4.79 Å². The molecule has 5 nitrogen and oxygen atoms in total. The zero-order valence-electron chi connectivity index (χ0n) is 17.0. The molecule has 1 N–H and O–H groups in total. The summed E-state index contributed by atoms with van der Waals surface area (Å²) in [5, 5.41) is 3.13. The molecule has 0 bridgehead atoms. The number of pyridine rings is 1. The normalized spacial score (nSPS) is 14.5. The number of benzene rings is 1. The first-order valence-corrected chi connectivity index (χ1v) is 10.2. The number of aryl methyl sites for hydroxylation is 3. The summed E-state index contributed by atoms with van der Waals surface area (Å²) in [6.07, 6.45) is 4.46. The number of amides is 1. The van der Waals surface area contributed by atoms with Gasteiger partial charge < -0.3 is 9.88 Å². The van der Waals surface area contributed by atoms with E-state index in [2.05, 4.69) is 35.9 Å². The third-order valence-corrected chi connectivity index (χ3v) is 5.68. The van der Waals surface area contributed by atoms with Crippen LogP contribution >= 0.6 is 0 Å². The molecule has 0 fully saturated rings. The van der Waals surface area contributed by atoms with Crippen LogP contribution in [0.15, 0.2) is 36.4 Å². The van der Waals surface area contributed by atoms with Crippen LogP contribution in [-0.4, -0.2) is 27.0 Å². The number of carbonyl (C=O) groups is 1. The number of imidazole rings is 1. The molecule has 146 valence electrons. The lowest BCUT2D eigenvalue weighted by Gasteiger charge is -2.25. The fraction of sp³-hybridized carbons (Fsp3) is 0.435. The van der Waals surface area contributed by atoms with Crippen molar-refractivity contribution in [3.8, 4) is 0 Å². The molecule has 2 aromatic heterocycles. The van der Waals surface area contributed by atoms with Crippen LogP contribution < -0.4 is 5.32 Å². The van der Waals surface area contributed by atoms with Gasteiger partial charge in [-0.1, -0.05) is 50.6 Å². The van der Waals surface area contributed by atoms with Gasteiger partial charge in [0.15, 0.2) is 5.65 Å². The number of carbonyl (C=O) groups excluding carboxylic acids is 1. The fourth-order valence-corrected chi connectivity index (χ4v) is 3.98. The number of hydrogen-bond acceptors (Lipinski definition) is 3. The number of aromatic nitrogens is 3. The molecule has 0 radical (unpaired) electrons. The van der Waals surface area contributed by atoms with Crippen LogP contribution in [0.5, 0.6) is 0 Å². The monoisotopic (exact) mass is 376 g/mol. The van der Waals surface area contributed by atoms with Crippen molar-refractivity contribution in [2.75, 3.05) is 6.54 Å². The van der Waals surface area contributed by atoms with Gasteiger partial charge in [0.05, 0.1) is 5.56 Å². The number of fused-ring (bicyclic) bond motifs is 3. The molecule has 1 aliphatic rings. The van der Waals surface area contributed by atoms with E-state index in [1.165, 1.54) is 12.0 Å². The highest BCUT2D eigenvalue weighted by molar-refractivity contribution is 6.04. The minimum absolute atomic E-state index is 0.0761. The highest BCUT2D eigenvalue weighted by Gasteiger charge is 2.24. The molecule has 0 spiro atoms. The molecule has 28 heavy (non-hydrogen) atoms. The van der Waals surface area contributed by atoms with Gasteiger partial charge in [0.1, 0.15) is 11.3 Å². The van der Waals surface area contributed by atoms with Crippen molar-refractivity contribution in [1.82, 2.24) is 19.9 Å². The molecule has 0 unspecified atom stereocenters. The van der Waals surface area contributed by atoms with Gasteiger partial charge >= 0.3 is 0 Å². The molecule has 1 aliphatic heterocycles. The van der Waals surface area contributed by atoms with E-state index in [0.29, 0.717) is 12.1 Å². The smallest absolute Gasteiger partial charge is 0.253 e. The second kappa shape index (κ2) is 7.38. The molecule has 1 aromatic carbocycles. The first-order valence-electron chi connectivity index (χ1n) is 10.2. The average Bonchev–Trinajstić information content (AvgIpc) is 2.87. The maximum Gasteiger partial charge on any atom is 0.253 e. The second-order valence-electron chi connectivity index (χ2n) is 8.41. The molecule has 0 aliphatic carbocycles. The molecule has 0 atom stereocenters. The van der Waals surface area contributed by atoms with Crippen LogP contribution in [0.2, 0.25) is 0 Å². The largest absolute Gasteiger partial charge is 0.351 e. The van der Waals surface area contributed by atoms with E-state index in [9.17, 15) is 4.79 Å². The topological polar surface area (TPSA) is 59.8 Å². The predicted octanol–water partition coefficient (Wildman–Crippen LogP) is 4.17. The van der Waals surface area contributed by atoms with E-state index in [0.717, 1.165) is 48.5 Å². The highest BCUT2D eigenvalue weighted by atomic mass is 16.1. The second-order valence-corrected chi connectivity index (χ2v) is 8.41. The lowest BCUT2D eigenvalue weighted by molar-refractivity contribution is 0.0947. The zero-order valence-corrected chi connectivity index (χ0v) is 17.0. The summed E-state index contributed by atoms with van der Waals surface area (Å²) in [6.45, 7) is 7.74. The Hall–Kier alpha value is -2.69. The van der Waals surface area contributed by atoms with Crippen LogP contribution in [0.25, 0.3) is 11.2 Å². The predicted molar refractivity (Wildman–Crippen MR) is 112 cm³/mol. The summed E-state index contributed by atoms with van der Waals surface area (Å²) in [5.74, 6) is 0.983. The molecule has 3 aromatic rings. The molecule has 3 heterocycles. The number of hydrogen-bond donors (Lipinski definition) is 1. The first kappa shape index (κ1) is 18.7. The molecule has 4 rings (SSSR count). The Kier molecular flexibility index (Phi) is 4.92. The van der Waals surface area contributed by atoms with E-state index in [4.69, 9.17) is 9.97 Å². The van der Waals surface area contributed by atoms with Crippen molar-refractivity contribution >= 4 is 17.1 Å². The van der Waals surface area contributed by atoms with Crippen molar-refractivity contribution in [2.45, 2.75) is 58.4 Å². The zero-order chi connectivity index (χ0) is 19.7. The molecule has 1 amide bonds. The van der Waals surface area contributed by atoms with Crippen LogP contribution in [0.1, 0.15) is 60.5 Å². The Morgan fingerprint density at radius 1 is 1.14 bits per heavy atom. The van der Waals surface area contributed by atoms with E-state index in [1.54, 1.807) is 0 Å². The summed E-state index contributed by atoms with van der Waals surface area (Å²) in [7, 11) is 0. The van der Waals surface area contributed by atoms with E-state index in [-0.39, 0.29) is 11.3 Å². The van der Waals surface area contributed by atoms with Gasteiger partial charge in [-0.15, -0.1) is 0 Å². The minimum atomic E-state index is -0.149. The summed E-state index contributed by atoms with van der Waals surface area (Å²) < 4.78 is 2.21. The van der Waals surface area contributed by atoms with E-state index >= 15 is 0 Å². The average molecular weight is 377 g/mol. The Labute approximate surface area is 166 Å². The van der Waals surface area contributed by atoms with Gasteiger partial charge in [-0.2, -0.15) is 0 Å². The summed E-state index contributed by atoms with van der Waals surface area (Å²) in [5.41, 5.74) is 4.13. The van der Waals surface area contributed by atoms with Gasteiger partial charge in [-0.05, 0) is 31.4 Å². The van der Waals surface area contributed by atoms with Gasteiger partial charge in [-0.25, -0.2) is 9.97 Å². The van der Waals surface area contributed by atoms with Crippen LogP contribution in [0.4, 0.5) is 0 Å². The van der Waals surface area contributed by atoms with Crippen molar-refractivity contribution in [2.24, 2.45) is 0 Å². The Morgan fingerprint density at radius 2 is 1.93 bits per heavy atom. The van der Waals surface area contributed by atoms with Crippen molar-refractivity contribution in [1.29, 1.82) is 0 Å². The SMILES string of the molecule is Cc1cc(C(=O)NCC(C)(C)c2ccccc2)c2nc3n(c2n1)CCCCC3. The quantitative estimate of drug-likeness (QED) is 0.743. The Balaban J connectivity index is 1.62. The lowest BCUT2D eigenvalue weighted by Crippen LogP contribution is -2.36. The molecule has 5 heteroatoms. The van der Waals surface area contributed by atoms with Gasteiger partial charge in [0.2, 0.25) is 0 Å². The first-order chi connectivity index (χ1) is 13.5. The minimum Gasteiger partial charge on any atom is -0.351 e. The summed E-state index contributed by atoms with van der Waals surface area (Å²) in [4.78, 5) is 22.6. The van der Waals surface area contributed by atoms with Crippen LogP contribution in [0.3, 0.4) is 0 Å². The fourth-order valence-electron chi connectivity index (χ4n) is 3.98. The van der Waals surface area contributed by atoms with Crippen LogP contribution in [0, 0.1) is 6.92 Å². The van der Waals surface area contributed by atoms with Crippen molar-refractivity contribution in [3.63, 3.8) is 0 Å². The Bertz CT molecular complexity index is 1000.